The summed E-state index contributed by atoms with van der Waals surface area (Å²) in [5.41, 5.74) is 2.11. The summed E-state index contributed by atoms with van der Waals surface area (Å²) in [6, 6.07) is 11.0. The van der Waals surface area contributed by atoms with E-state index in [1.807, 2.05) is 12.1 Å². The lowest BCUT2D eigenvalue weighted by Gasteiger charge is -2.32. The number of rotatable bonds is 2. The molecule has 2 aromatic rings. The lowest BCUT2D eigenvalue weighted by Crippen LogP contribution is -2.35. The molecule has 1 aliphatic rings. The molecule has 0 N–H and O–H groups in total. The van der Waals surface area contributed by atoms with Gasteiger partial charge in [-0.05, 0) is 31.4 Å². The van der Waals surface area contributed by atoms with Crippen LogP contribution in [0.15, 0.2) is 34.9 Å². The van der Waals surface area contributed by atoms with Crippen LogP contribution in [-0.2, 0) is 0 Å². The van der Waals surface area contributed by atoms with Crippen LogP contribution >= 0.6 is 12.6 Å². The Hall–Kier alpha value is -2.26. The zero-order valence-corrected chi connectivity index (χ0v) is 12.8. The van der Waals surface area contributed by atoms with Gasteiger partial charge in [-0.25, -0.2) is 0 Å². The van der Waals surface area contributed by atoms with E-state index in [4.69, 9.17) is 9.78 Å². The lowest BCUT2D eigenvalue weighted by atomic mass is 9.99. The number of carbonyl (C=O) groups excluding carboxylic acids is 1. The van der Waals surface area contributed by atoms with Crippen LogP contribution in [0.4, 0.5) is 4.79 Å². The van der Waals surface area contributed by atoms with Gasteiger partial charge in [0, 0.05) is 18.2 Å². The Balaban J connectivity index is 1.89. The first-order valence-corrected chi connectivity index (χ1v) is 7.60. The number of aromatic nitrogens is 1. The van der Waals surface area contributed by atoms with Crippen LogP contribution in [0.25, 0.3) is 11.3 Å². The van der Waals surface area contributed by atoms with E-state index in [0.29, 0.717) is 17.9 Å². The summed E-state index contributed by atoms with van der Waals surface area (Å²) in [4.78, 5) is 13.4. The van der Waals surface area contributed by atoms with Crippen LogP contribution in [0.5, 0.6) is 0 Å². The Morgan fingerprint density at radius 1 is 1.41 bits per heavy atom. The Morgan fingerprint density at radius 3 is 3.05 bits per heavy atom. The normalized spacial score (nSPS) is 18.0. The third kappa shape index (κ3) is 2.85. The van der Waals surface area contributed by atoms with Gasteiger partial charge in [-0.2, -0.15) is 5.26 Å². The minimum absolute atomic E-state index is 0.0876. The highest BCUT2D eigenvalue weighted by Crippen LogP contribution is 2.33. The van der Waals surface area contributed by atoms with Gasteiger partial charge in [0.25, 0.3) is 5.24 Å². The molecular formula is C16H15N3O2S. The molecule has 1 amide bonds. The van der Waals surface area contributed by atoms with E-state index in [1.165, 1.54) is 0 Å². The number of hydrogen-bond acceptors (Lipinski definition) is 4. The molecule has 1 fully saturated rings. The number of nitriles is 1. The molecule has 1 atom stereocenters. The van der Waals surface area contributed by atoms with Crippen LogP contribution in [0.2, 0.25) is 0 Å². The summed E-state index contributed by atoms with van der Waals surface area (Å²) in [6.45, 7) is 0.694. The third-order valence-corrected chi connectivity index (χ3v) is 4.15. The van der Waals surface area contributed by atoms with Crippen molar-refractivity contribution in [3.8, 4) is 17.4 Å². The minimum atomic E-state index is -0.235. The largest absolute Gasteiger partial charge is 0.356 e. The maximum Gasteiger partial charge on any atom is 0.279 e. The highest BCUT2D eigenvalue weighted by molar-refractivity contribution is 7.96. The first-order valence-electron chi connectivity index (χ1n) is 7.16. The van der Waals surface area contributed by atoms with E-state index in [9.17, 15) is 4.79 Å². The van der Waals surface area contributed by atoms with Crippen LogP contribution in [0.1, 0.15) is 36.6 Å². The molecule has 3 rings (SSSR count). The maximum atomic E-state index is 11.6. The molecule has 1 unspecified atom stereocenters. The first-order chi connectivity index (χ1) is 10.7. The van der Waals surface area contributed by atoms with Crippen molar-refractivity contribution in [3.05, 3.63) is 41.6 Å². The van der Waals surface area contributed by atoms with Gasteiger partial charge in [0.15, 0.2) is 5.76 Å². The molecule has 1 aromatic heterocycles. The summed E-state index contributed by atoms with van der Waals surface area (Å²) < 4.78 is 5.41. The second-order valence-corrected chi connectivity index (χ2v) is 5.68. The number of benzene rings is 1. The third-order valence-electron chi connectivity index (χ3n) is 3.89. The zero-order chi connectivity index (χ0) is 15.5. The van der Waals surface area contributed by atoms with Crippen LogP contribution in [0.3, 0.4) is 0 Å². The number of hydrogen-bond donors (Lipinski definition) is 1. The van der Waals surface area contributed by atoms with Gasteiger partial charge in [-0.3, -0.25) is 4.79 Å². The van der Waals surface area contributed by atoms with Crippen molar-refractivity contribution in [1.29, 1.82) is 5.26 Å². The SMILES string of the molecule is N#Cc1cccc(-c2cc(C3CCCCN3C(=O)S)no2)c1. The van der Waals surface area contributed by atoms with Gasteiger partial charge >= 0.3 is 0 Å². The van der Waals surface area contributed by atoms with E-state index in [-0.39, 0.29) is 11.3 Å². The van der Waals surface area contributed by atoms with Crippen molar-refractivity contribution in [2.75, 3.05) is 6.54 Å². The number of likely N-dealkylation sites (tertiary alicyclic amines) is 1. The number of thiol groups is 1. The van der Waals surface area contributed by atoms with Crippen molar-refractivity contribution < 1.29 is 9.32 Å². The fourth-order valence-electron chi connectivity index (χ4n) is 2.79. The Morgan fingerprint density at radius 2 is 2.27 bits per heavy atom. The summed E-state index contributed by atoms with van der Waals surface area (Å²) in [5, 5.41) is 12.8. The molecule has 0 spiro atoms. The Labute approximate surface area is 133 Å². The van der Waals surface area contributed by atoms with Gasteiger partial charge < -0.3 is 9.42 Å². The van der Waals surface area contributed by atoms with Crippen LogP contribution in [-0.4, -0.2) is 21.8 Å². The molecule has 1 aromatic carbocycles. The monoisotopic (exact) mass is 313 g/mol. The fraction of sp³-hybridized carbons (Fsp3) is 0.312. The van der Waals surface area contributed by atoms with E-state index in [1.54, 1.807) is 23.1 Å². The van der Waals surface area contributed by atoms with E-state index < -0.39 is 0 Å². The molecule has 112 valence electrons. The molecule has 0 saturated carbocycles. The second-order valence-electron chi connectivity index (χ2n) is 5.30. The number of carbonyl (C=O) groups is 1. The highest BCUT2D eigenvalue weighted by Gasteiger charge is 2.29. The standard InChI is InChI=1S/C16H15N3O2S/c17-10-11-4-3-5-12(8-11)15-9-13(18-21-15)14-6-1-2-7-19(14)16(20)22/h3-5,8-9,14H,1-2,6-7H2,(H,20,22). The van der Waals surface area contributed by atoms with Gasteiger partial charge in [0.05, 0.1) is 17.7 Å². The minimum Gasteiger partial charge on any atom is -0.356 e. The fourth-order valence-corrected chi connectivity index (χ4v) is 3.03. The van der Waals surface area contributed by atoms with Crippen molar-refractivity contribution in [2.45, 2.75) is 25.3 Å². The average Bonchev–Trinajstić information content (AvgIpc) is 3.05. The number of amides is 1. The molecule has 1 saturated heterocycles. The van der Waals surface area contributed by atoms with Crippen LogP contribution < -0.4 is 0 Å². The summed E-state index contributed by atoms with van der Waals surface area (Å²) >= 11 is 3.95. The molecule has 0 aliphatic carbocycles. The number of piperidine rings is 1. The quantitative estimate of drug-likeness (QED) is 0.856. The molecule has 6 heteroatoms. The zero-order valence-electron chi connectivity index (χ0n) is 11.9. The lowest BCUT2D eigenvalue weighted by molar-refractivity contribution is 0.170. The van der Waals surface area contributed by atoms with Crippen molar-refractivity contribution in [1.82, 2.24) is 10.1 Å². The molecule has 22 heavy (non-hydrogen) atoms. The maximum absolute atomic E-state index is 11.6. The van der Waals surface area contributed by atoms with Gasteiger partial charge in [0.1, 0.15) is 5.69 Å². The predicted molar refractivity (Wildman–Crippen MR) is 84.3 cm³/mol. The van der Waals surface area contributed by atoms with Crippen molar-refractivity contribution >= 4 is 17.9 Å². The summed E-state index contributed by atoms with van der Waals surface area (Å²) in [5.74, 6) is 0.601. The Bertz CT molecular complexity index is 735. The second kappa shape index (κ2) is 6.24. The number of nitrogens with zero attached hydrogens (tertiary/aromatic N) is 3. The summed E-state index contributed by atoms with van der Waals surface area (Å²) in [6.07, 6.45) is 2.89. The molecule has 1 aliphatic heterocycles. The molecule has 0 bridgehead atoms. The molecule has 5 nitrogen and oxygen atoms in total. The molecule has 0 radical (unpaired) electrons. The van der Waals surface area contributed by atoms with Crippen LogP contribution in [0, 0.1) is 11.3 Å². The van der Waals surface area contributed by atoms with E-state index >= 15 is 0 Å². The molecular weight excluding hydrogens is 298 g/mol. The molecule has 2 heterocycles. The van der Waals surface area contributed by atoms with Gasteiger partial charge in [-0.1, -0.05) is 29.9 Å². The summed E-state index contributed by atoms with van der Waals surface area (Å²) in [7, 11) is 0. The van der Waals surface area contributed by atoms with Crippen molar-refractivity contribution in [3.63, 3.8) is 0 Å². The highest BCUT2D eigenvalue weighted by atomic mass is 32.1. The average molecular weight is 313 g/mol. The topological polar surface area (TPSA) is 70.1 Å². The smallest absolute Gasteiger partial charge is 0.279 e. The van der Waals surface area contributed by atoms with E-state index in [0.717, 1.165) is 30.5 Å². The van der Waals surface area contributed by atoms with Gasteiger partial charge in [0.2, 0.25) is 0 Å². The van der Waals surface area contributed by atoms with E-state index in [2.05, 4.69) is 23.9 Å². The predicted octanol–water partition coefficient (Wildman–Crippen LogP) is 3.79. The Kier molecular flexibility index (Phi) is 4.16. The van der Waals surface area contributed by atoms with Crippen molar-refractivity contribution in [2.24, 2.45) is 0 Å². The van der Waals surface area contributed by atoms with Gasteiger partial charge in [-0.15, -0.1) is 0 Å². The first kappa shape index (κ1) is 14.7.